The van der Waals surface area contributed by atoms with Gasteiger partial charge in [-0.05, 0) is 49.1 Å². The summed E-state index contributed by atoms with van der Waals surface area (Å²) in [5.74, 6) is -0.381. The summed E-state index contributed by atoms with van der Waals surface area (Å²) < 4.78 is 41.8. The molecule has 2 aliphatic heterocycles. The zero-order chi connectivity index (χ0) is 27.9. The van der Waals surface area contributed by atoms with E-state index < -0.39 is 23.3 Å². The van der Waals surface area contributed by atoms with Gasteiger partial charge in [-0.2, -0.15) is 18.4 Å². The molecular formula is C30H30F3N5O. The smallest absolute Gasteiger partial charge is 0.343 e. The van der Waals surface area contributed by atoms with E-state index >= 15 is 0 Å². The standard InChI is InChI=1S/C30H30F3N5O/c1-19-8-7-11-23(12-19)36(3)29(39)27-25-18-37(15-21-9-5-4-6-10-21)16-22(25)17-38(27)28-24(14-34)26(30(31,32)33)13-20(2)35-28/h4-13,22,25,27H,15-18H2,1-3H3. The number of anilines is 2. The lowest BCUT2D eigenvalue weighted by Gasteiger charge is -2.33. The van der Waals surface area contributed by atoms with Crippen LogP contribution in [0.1, 0.15) is 27.9 Å². The summed E-state index contributed by atoms with van der Waals surface area (Å²) in [5, 5.41) is 9.85. The number of aromatic nitrogens is 1. The Morgan fingerprint density at radius 2 is 1.82 bits per heavy atom. The lowest BCUT2D eigenvalue weighted by molar-refractivity contribution is -0.137. The van der Waals surface area contributed by atoms with Crippen molar-refractivity contribution in [2.75, 3.05) is 36.5 Å². The minimum Gasteiger partial charge on any atom is -0.343 e. The molecule has 0 spiro atoms. The number of benzene rings is 2. The van der Waals surface area contributed by atoms with Crippen LogP contribution in [0.5, 0.6) is 0 Å². The highest BCUT2D eigenvalue weighted by Crippen LogP contribution is 2.43. The summed E-state index contributed by atoms with van der Waals surface area (Å²) in [4.78, 5) is 24.1. The molecule has 1 amide bonds. The van der Waals surface area contributed by atoms with E-state index in [1.807, 2.05) is 49.4 Å². The Kier molecular flexibility index (Phi) is 7.08. The fraction of sp³-hybridized carbons (Fsp3) is 0.367. The van der Waals surface area contributed by atoms with Crippen molar-refractivity contribution >= 4 is 17.4 Å². The molecule has 2 aliphatic rings. The van der Waals surface area contributed by atoms with Gasteiger partial charge in [-0.15, -0.1) is 0 Å². The van der Waals surface area contributed by atoms with Crippen LogP contribution in [0.25, 0.3) is 0 Å². The molecule has 39 heavy (non-hydrogen) atoms. The van der Waals surface area contributed by atoms with Crippen molar-refractivity contribution in [2.24, 2.45) is 11.8 Å². The second kappa shape index (κ2) is 10.3. The van der Waals surface area contributed by atoms with E-state index in [9.17, 15) is 23.2 Å². The maximum Gasteiger partial charge on any atom is 0.417 e. The molecule has 3 aromatic rings. The molecule has 9 heteroatoms. The van der Waals surface area contributed by atoms with Crippen molar-refractivity contribution in [3.63, 3.8) is 0 Å². The highest BCUT2D eigenvalue weighted by Gasteiger charge is 2.52. The minimum absolute atomic E-state index is 0.0387. The molecule has 3 atom stereocenters. The van der Waals surface area contributed by atoms with Crippen LogP contribution >= 0.6 is 0 Å². The molecule has 3 unspecified atom stereocenters. The van der Waals surface area contributed by atoms with Crippen LogP contribution in [0.4, 0.5) is 24.7 Å². The first kappa shape index (κ1) is 26.7. The van der Waals surface area contributed by atoms with Gasteiger partial charge in [0, 0.05) is 50.5 Å². The van der Waals surface area contributed by atoms with Crippen molar-refractivity contribution in [3.8, 4) is 6.07 Å². The van der Waals surface area contributed by atoms with Crippen LogP contribution in [-0.2, 0) is 17.5 Å². The fourth-order valence-corrected chi connectivity index (χ4v) is 6.00. The van der Waals surface area contributed by atoms with Gasteiger partial charge in [0.2, 0.25) is 5.91 Å². The van der Waals surface area contributed by atoms with Crippen LogP contribution in [0.3, 0.4) is 0 Å². The lowest BCUT2D eigenvalue weighted by atomic mass is 9.93. The Hall–Kier alpha value is -3.90. The number of amides is 1. The molecule has 2 saturated heterocycles. The Bertz CT molecular complexity index is 1420. The molecule has 0 bridgehead atoms. The number of hydrogen-bond donors (Lipinski definition) is 0. The SMILES string of the molecule is Cc1cccc(N(C)C(=O)C2C3CN(Cc4ccccc4)CC3CN2c2nc(C)cc(C(F)(F)F)c2C#N)c1. The highest BCUT2D eigenvalue weighted by atomic mass is 19.4. The van der Waals surface area contributed by atoms with Crippen molar-refractivity contribution in [1.29, 1.82) is 5.26 Å². The molecular weight excluding hydrogens is 503 g/mol. The summed E-state index contributed by atoms with van der Waals surface area (Å²) in [5.41, 5.74) is 1.45. The first-order valence-corrected chi connectivity index (χ1v) is 12.9. The van der Waals surface area contributed by atoms with Gasteiger partial charge in [0.1, 0.15) is 23.5 Å². The molecule has 2 aromatic carbocycles. The van der Waals surface area contributed by atoms with Crippen LogP contribution in [-0.4, -0.2) is 48.5 Å². The summed E-state index contributed by atoms with van der Waals surface area (Å²) in [6.45, 7) is 5.81. The average Bonchev–Trinajstić information content (AvgIpc) is 3.44. The quantitative estimate of drug-likeness (QED) is 0.452. The number of likely N-dealkylation sites (N-methyl/N-ethyl adjacent to an activating group) is 1. The Morgan fingerprint density at radius 3 is 2.49 bits per heavy atom. The number of carbonyl (C=O) groups excluding carboxylic acids is 1. The van der Waals surface area contributed by atoms with Crippen molar-refractivity contribution in [2.45, 2.75) is 32.6 Å². The number of likely N-dealkylation sites (tertiary alicyclic amines) is 1. The van der Waals surface area contributed by atoms with Crippen molar-refractivity contribution < 1.29 is 18.0 Å². The summed E-state index contributed by atoms with van der Waals surface area (Å²) in [7, 11) is 1.69. The van der Waals surface area contributed by atoms with Crippen LogP contribution in [0.15, 0.2) is 60.7 Å². The predicted octanol–water partition coefficient (Wildman–Crippen LogP) is 5.19. The van der Waals surface area contributed by atoms with E-state index in [0.29, 0.717) is 25.3 Å². The summed E-state index contributed by atoms with van der Waals surface area (Å²) >= 11 is 0. The molecule has 5 rings (SSSR count). The molecule has 3 heterocycles. The first-order valence-electron chi connectivity index (χ1n) is 12.9. The van der Waals surface area contributed by atoms with E-state index in [1.54, 1.807) is 22.9 Å². The monoisotopic (exact) mass is 533 g/mol. The largest absolute Gasteiger partial charge is 0.417 e. The average molecular weight is 534 g/mol. The third-order valence-electron chi connectivity index (χ3n) is 7.78. The molecule has 6 nitrogen and oxygen atoms in total. The number of carbonyl (C=O) groups is 1. The third-order valence-corrected chi connectivity index (χ3v) is 7.78. The van der Waals surface area contributed by atoms with Crippen LogP contribution in [0.2, 0.25) is 0 Å². The van der Waals surface area contributed by atoms with Crippen molar-refractivity contribution in [3.05, 3.63) is 88.6 Å². The first-order chi connectivity index (χ1) is 18.6. The second-order valence-electron chi connectivity index (χ2n) is 10.6. The van der Waals surface area contributed by atoms with Gasteiger partial charge >= 0.3 is 6.18 Å². The second-order valence-corrected chi connectivity index (χ2v) is 10.6. The van der Waals surface area contributed by atoms with Gasteiger partial charge in [-0.3, -0.25) is 9.69 Å². The number of fused-ring (bicyclic) bond motifs is 1. The number of nitriles is 1. The number of nitrogens with zero attached hydrogens (tertiary/aromatic N) is 5. The molecule has 0 N–H and O–H groups in total. The van der Waals surface area contributed by atoms with Gasteiger partial charge in [0.25, 0.3) is 0 Å². The van der Waals surface area contributed by atoms with Crippen molar-refractivity contribution in [1.82, 2.24) is 9.88 Å². The van der Waals surface area contributed by atoms with Gasteiger partial charge in [-0.1, -0.05) is 42.5 Å². The zero-order valence-electron chi connectivity index (χ0n) is 22.1. The van der Waals surface area contributed by atoms with Crippen LogP contribution in [0, 0.1) is 37.0 Å². The predicted molar refractivity (Wildman–Crippen MR) is 143 cm³/mol. The summed E-state index contributed by atoms with van der Waals surface area (Å²) in [6, 6.07) is 19.5. The Morgan fingerprint density at radius 1 is 1.08 bits per heavy atom. The molecule has 0 saturated carbocycles. The number of rotatable bonds is 5. The van der Waals surface area contributed by atoms with E-state index in [4.69, 9.17) is 0 Å². The van der Waals surface area contributed by atoms with Gasteiger partial charge < -0.3 is 9.80 Å². The Balaban J connectivity index is 1.54. The fourth-order valence-electron chi connectivity index (χ4n) is 6.00. The van der Waals surface area contributed by atoms with Gasteiger partial charge in [-0.25, -0.2) is 4.98 Å². The van der Waals surface area contributed by atoms with Crippen LogP contribution < -0.4 is 9.80 Å². The number of pyridine rings is 1. The number of hydrogen-bond acceptors (Lipinski definition) is 5. The molecule has 0 aliphatic carbocycles. The highest BCUT2D eigenvalue weighted by molar-refractivity contribution is 5.99. The molecule has 202 valence electrons. The molecule has 2 fully saturated rings. The van der Waals surface area contributed by atoms with E-state index in [1.165, 1.54) is 6.92 Å². The topological polar surface area (TPSA) is 63.5 Å². The van der Waals surface area contributed by atoms with Gasteiger partial charge in [0.15, 0.2) is 0 Å². The van der Waals surface area contributed by atoms with E-state index in [2.05, 4.69) is 22.0 Å². The zero-order valence-corrected chi connectivity index (χ0v) is 22.1. The third kappa shape index (κ3) is 5.21. The molecule has 1 aromatic heterocycles. The van der Waals surface area contributed by atoms with Gasteiger partial charge in [0.05, 0.1) is 5.56 Å². The summed E-state index contributed by atoms with van der Waals surface area (Å²) in [6.07, 6.45) is -4.71. The lowest BCUT2D eigenvalue weighted by Crippen LogP contribution is -2.49. The number of aryl methyl sites for hydroxylation is 2. The number of alkyl halides is 3. The number of halogens is 3. The maximum absolute atomic E-state index is 14.1. The van der Waals surface area contributed by atoms with E-state index in [-0.39, 0.29) is 29.3 Å². The normalized spacial score (nSPS) is 21.1. The van der Waals surface area contributed by atoms with E-state index in [0.717, 1.165) is 23.7 Å². The Labute approximate surface area is 226 Å². The maximum atomic E-state index is 14.1. The minimum atomic E-state index is -4.71. The molecule has 0 radical (unpaired) electrons.